The standard InChI is InChI=1S/C20H27N3O5S/c1-15(24)21-9-6-10-22(12-11-21)19(26)14-23-16-7-4-5-8-17(16)29(27,28)20(2,3)13-18(23)25/h4-5,7-8H,6,9-14H2,1-3H3. The Hall–Kier alpha value is -2.42. The molecule has 29 heavy (non-hydrogen) atoms. The molecule has 0 atom stereocenters. The van der Waals surface area contributed by atoms with Crippen molar-refractivity contribution in [3.8, 4) is 0 Å². The van der Waals surface area contributed by atoms with E-state index >= 15 is 0 Å². The van der Waals surface area contributed by atoms with Gasteiger partial charge in [0.1, 0.15) is 6.54 Å². The minimum atomic E-state index is -3.74. The summed E-state index contributed by atoms with van der Waals surface area (Å²) in [4.78, 5) is 42.2. The number of rotatable bonds is 2. The number of benzene rings is 1. The first-order chi connectivity index (χ1) is 13.5. The first-order valence-electron chi connectivity index (χ1n) is 9.72. The lowest BCUT2D eigenvalue weighted by Crippen LogP contribution is -2.45. The predicted octanol–water partition coefficient (Wildman–Crippen LogP) is 1.06. The molecule has 1 fully saturated rings. The molecule has 1 saturated heterocycles. The van der Waals surface area contributed by atoms with Crippen LogP contribution in [0.1, 0.15) is 33.6 Å². The zero-order chi connectivity index (χ0) is 21.4. The van der Waals surface area contributed by atoms with Crippen molar-refractivity contribution in [3.05, 3.63) is 24.3 Å². The average Bonchev–Trinajstić information content (AvgIpc) is 2.93. The molecule has 2 aliphatic heterocycles. The van der Waals surface area contributed by atoms with E-state index in [2.05, 4.69) is 0 Å². The van der Waals surface area contributed by atoms with Gasteiger partial charge >= 0.3 is 0 Å². The van der Waals surface area contributed by atoms with E-state index in [1.54, 1.807) is 28.0 Å². The van der Waals surface area contributed by atoms with Crippen molar-refractivity contribution in [1.29, 1.82) is 0 Å². The number of nitrogens with zero attached hydrogens (tertiary/aromatic N) is 3. The van der Waals surface area contributed by atoms with Gasteiger partial charge in [0.05, 0.1) is 15.3 Å². The van der Waals surface area contributed by atoms with E-state index < -0.39 is 20.5 Å². The second-order valence-corrected chi connectivity index (χ2v) is 10.7. The molecule has 3 amide bonds. The summed E-state index contributed by atoms with van der Waals surface area (Å²) in [6.45, 7) is 6.29. The van der Waals surface area contributed by atoms with Gasteiger partial charge in [0.25, 0.3) is 0 Å². The third-order valence-corrected chi connectivity index (χ3v) is 8.16. The molecule has 0 N–H and O–H groups in total. The van der Waals surface area contributed by atoms with Gasteiger partial charge in [-0.25, -0.2) is 8.42 Å². The molecule has 0 bridgehead atoms. The fourth-order valence-corrected chi connectivity index (χ4v) is 5.40. The minimum Gasteiger partial charge on any atom is -0.341 e. The Morgan fingerprint density at radius 1 is 1.03 bits per heavy atom. The number of carbonyl (C=O) groups is 3. The molecule has 8 nitrogen and oxygen atoms in total. The van der Waals surface area contributed by atoms with E-state index in [4.69, 9.17) is 0 Å². The Morgan fingerprint density at radius 3 is 2.34 bits per heavy atom. The molecule has 3 rings (SSSR count). The number of amides is 3. The molecule has 0 spiro atoms. The van der Waals surface area contributed by atoms with Crippen LogP contribution >= 0.6 is 0 Å². The van der Waals surface area contributed by atoms with Crippen LogP contribution in [0.2, 0.25) is 0 Å². The monoisotopic (exact) mass is 421 g/mol. The molecule has 0 aromatic heterocycles. The summed E-state index contributed by atoms with van der Waals surface area (Å²) in [5, 5.41) is 0. The minimum absolute atomic E-state index is 0.0247. The molecular formula is C20H27N3O5S. The van der Waals surface area contributed by atoms with E-state index in [-0.39, 0.29) is 35.4 Å². The Labute approximate surface area is 171 Å². The van der Waals surface area contributed by atoms with Gasteiger partial charge in [-0.2, -0.15) is 0 Å². The van der Waals surface area contributed by atoms with Gasteiger partial charge in [-0.05, 0) is 32.4 Å². The maximum absolute atomic E-state index is 13.1. The molecule has 1 aromatic rings. The predicted molar refractivity (Wildman–Crippen MR) is 108 cm³/mol. The van der Waals surface area contributed by atoms with Crippen LogP contribution < -0.4 is 4.90 Å². The maximum Gasteiger partial charge on any atom is 0.242 e. The third kappa shape index (κ3) is 4.01. The van der Waals surface area contributed by atoms with E-state index in [9.17, 15) is 22.8 Å². The van der Waals surface area contributed by atoms with Crippen molar-refractivity contribution in [2.75, 3.05) is 37.6 Å². The summed E-state index contributed by atoms with van der Waals surface area (Å²) in [5.74, 6) is -0.670. The second-order valence-electron chi connectivity index (χ2n) is 8.13. The summed E-state index contributed by atoms with van der Waals surface area (Å²) in [5.41, 5.74) is 0.247. The first-order valence-corrected chi connectivity index (χ1v) is 11.2. The van der Waals surface area contributed by atoms with Crippen LogP contribution in [0.15, 0.2) is 29.2 Å². The summed E-state index contributed by atoms with van der Waals surface area (Å²) in [6, 6.07) is 6.33. The van der Waals surface area contributed by atoms with E-state index in [1.807, 2.05) is 0 Å². The Kier molecular flexibility index (Phi) is 5.71. The summed E-state index contributed by atoms with van der Waals surface area (Å²) in [7, 11) is -3.74. The normalized spacial score (nSPS) is 21.2. The molecule has 0 unspecified atom stereocenters. The van der Waals surface area contributed by atoms with Crippen LogP contribution in [0.4, 0.5) is 5.69 Å². The number of anilines is 1. The lowest BCUT2D eigenvalue weighted by molar-refractivity contribution is -0.132. The highest BCUT2D eigenvalue weighted by Crippen LogP contribution is 2.38. The highest BCUT2D eigenvalue weighted by atomic mass is 32.2. The molecule has 0 aliphatic carbocycles. The Balaban J connectivity index is 1.87. The van der Waals surface area contributed by atoms with Gasteiger partial charge in [0.2, 0.25) is 17.7 Å². The highest BCUT2D eigenvalue weighted by molar-refractivity contribution is 7.93. The number of sulfone groups is 1. The molecule has 1 aromatic carbocycles. The van der Waals surface area contributed by atoms with Crippen LogP contribution in [-0.4, -0.2) is 73.4 Å². The van der Waals surface area contributed by atoms with Crippen LogP contribution in [0, 0.1) is 0 Å². The molecule has 0 radical (unpaired) electrons. The van der Waals surface area contributed by atoms with Crippen molar-refractivity contribution in [2.24, 2.45) is 0 Å². The molecule has 9 heteroatoms. The smallest absolute Gasteiger partial charge is 0.242 e. The Bertz CT molecular complexity index is 941. The zero-order valence-electron chi connectivity index (χ0n) is 17.1. The summed E-state index contributed by atoms with van der Waals surface area (Å²) >= 11 is 0. The molecule has 2 aliphatic rings. The quantitative estimate of drug-likeness (QED) is 0.712. The lowest BCUT2D eigenvalue weighted by Gasteiger charge is -2.27. The SMILES string of the molecule is CC(=O)N1CCCN(C(=O)CN2C(=O)CC(C)(C)S(=O)(=O)c3ccccc32)CC1. The van der Waals surface area contributed by atoms with Gasteiger partial charge in [-0.3, -0.25) is 14.4 Å². The van der Waals surface area contributed by atoms with E-state index in [0.29, 0.717) is 32.6 Å². The number of fused-ring (bicyclic) bond motifs is 1. The van der Waals surface area contributed by atoms with Gasteiger partial charge in [0.15, 0.2) is 9.84 Å². The zero-order valence-corrected chi connectivity index (χ0v) is 17.9. The number of hydrogen-bond donors (Lipinski definition) is 0. The fraction of sp³-hybridized carbons (Fsp3) is 0.550. The highest BCUT2D eigenvalue weighted by Gasteiger charge is 2.44. The van der Waals surface area contributed by atoms with Crippen molar-refractivity contribution in [3.63, 3.8) is 0 Å². The molecule has 158 valence electrons. The van der Waals surface area contributed by atoms with Crippen molar-refractivity contribution < 1.29 is 22.8 Å². The largest absolute Gasteiger partial charge is 0.341 e. The van der Waals surface area contributed by atoms with E-state index in [1.165, 1.54) is 31.7 Å². The van der Waals surface area contributed by atoms with Gasteiger partial charge in [-0.1, -0.05) is 12.1 Å². The first kappa shape index (κ1) is 21.3. The van der Waals surface area contributed by atoms with Gasteiger partial charge in [-0.15, -0.1) is 0 Å². The van der Waals surface area contributed by atoms with Crippen molar-refractivity contribution >= 4 is 33.2 Å². The second kappa shape index (κ2) is 7.78. The summed E-state index contributed by atoms with van der Waals surface area (Å²) < 4.78 is 24.9. The number of para-hydroxylation sites is 1. The summed E-state index contributed by atoms with van der Waals surface area (Å²) in [6.07, 6.45) is 0.465. The van der Waals surface area contributed by atoms with Crippen LogP contribution in [-0.2, 0) is 24.2 Å². The maximum atomic E-state index is 13.1. The van der Waals surface area contributed by atoms with Gasteiger partial charge < -0.3 is 14.7 Å². The van der Waals surface area contributed by atoms with Crippen LogP contribution in [0.3, 0.4) is 0 Å². The van der Waals surface area contributed by atoms with Crippen molar-refractivity contribution in [1.82, 2.24) is 9.80 Å². The van der Waals surface area contributed by atoms with Gasteiger partial charge in [0, 0.05) is 39.5 Å². The fourth-order valence-electron chi connectivity index (χ4n) is 3.78. The Morgan fingerprint density at radius 2 is 1.66 bits per heavy atom. The van der Waals surface area contributed by atoms with E-state index in [0.717, 1.165) is 0 Å². The number of carbonyl (C=O) groups excluding carboxylic acids is 3. The molecular weight excluding hydrogens is 394 g/mol. The topological polar surface area (TPSA) is 95.1 Å². The molecule has 2 heterocycles. The van der Waals surface area contributed by atoms with Crippen LogP contribution in [0.5, 0.6) is 0 Å². The lowest BCUT2D eigenvalue weighted by atomic mass is 10.1. The average molecular weight is 422 g/mol. The third-order valence-electron chi connectivity index (χ3n) is 5.64. The number of hydrogen-bond acceptors (Lipinski definition) is 5. The van der Waals surface area contributed by atoms with Crippen molar-refractivity contribution in [2.45, 2.75) is 43.3 Å². The van der Waals surface area contributed by atoms with Crippen LogP contribution in [0.25, 0.3) is 0 Å². The molecule has 0 saturated carbocycles.